The Labute approximate surface area is 144 Å². The van der Waals surface area contributed by atoms with E-state index in [0.717, 1.165) is 0 Å². The molecule has 0 radical (unpaired) electrons. The lowest BCUT2D eigenvalue weighted by molar-refractivity contribution is 0.252. The minimum atomic E-state index is -0.341. The molecule has 0 aliphatic carbocycles. The second-order valence-corrected chi connectivity index (χ2v) is 6.62. The molecule has 0 aliphatic rings. The van der Waals surface area contributed by atoms with Gasteiger partial charge in [0, 0.05) is 24.1 Å². The zero-order valence-electron chi connectivity index (χ0n) is 14.3. The molecule has 0 spiro atoms. The molecule has 0 unspecified atom stereocenters. The molecule has 3 aromatic rings. The van der Waals surface area contributed by atoms with E-state index < -0.39 is 0 Å². The summed E-state index contributed by atoms with van der Waals surface area (Å²) < 4.78 is 10.8. The predicted octanol–water partition coefficient (Wildman–Crippen LogP) is 2.45. The highest BCUT2D eigenvalue weighted by atomic mass is 16.4. The van der Waals surface area contributed by atoms with E-state index in [2.05, 4.69) is 25.8 Å². The van der Waals surface area contributed by atoms with Gasteiger partial charge < -0.3 is 25.2 Å². The molecule has 9 nitrogen and oxygen atoms in total. The SMILES string of the molecule is CC(C)(C)c1nc2cc(NC(=O)NCCc3nnc(N)o3)ccc2o1. The van der Waals surface area contributed by atoms with Crippen LogP contribution in [-0.4, -0.2) is 27.8 Å². The molecule has 9 heteroatoms. The van der Waals surface area contributed by atoms with Gasteiger partial charge in [-0.15, -0.1) is 5.10 Å². The van der Waals surface area contributed by atoms with Crippen LogP contribution in [0.25, 0.3) is 11.1 Å². The van der Waals surface area contributed by atoms with Crippen LogP contribution >= 0.6 is 0 Å². The molecule has 25 heavy (non-hydrogen) atoms. The van der Waals surface area contributed by atoms with Gasteiger partial charge in [-0.05, 0) is 18.2 Å². The van der Waals surface area contributed by atoms with Crippen LogP contribution in [-0.2, 0) is 11.8 Å². The van der Waals surface area contributed by atoms with Gasteiger partial charge >= 0.3 is 12.0 Å². The largest absolute Gasteiger partial charge is 0.440 e. The van der Waals surface area contributed by atoms with Gasteiger partial charge in [0.1, 0.15) is 5.52 Å². The fraction of sp³-hybridized carbons (Fsp3) is 0.375. The van der Waals surface area contributed by atoms with Gasteiger partial charge in [-0.3, -0.25) is 0 Å². The summed E-state index contributed by atoms with van der Waals surface area (Å²) >= 11 is 0. The van der Waals surface area contributed by atoms with E-state index in [1.807, 2.05) is 20.8 Å². The molecule has 2 aromatic heterocycles. The molecule has 0 fully saturated rings. The summed E-state index contributed by atoms with van der Waals surface area (Å²) in [5, 5.41) is 12.7. The highest BCUT2D eigenvalue weighted by molar-refractivity contribution is 5.91. The van der Waals surface area contributed by atoms with Crippen molar-refractivity contribution in [3.8, 4) is 0 Å². The van der Waals surface area contributed by atoms with Crippen molar-refractivity contribution in [2.24, 2.45) is 0 Å². The number of anilines is 2. The number of nitrogen functional groups attached to an aromatic ring is 1. The fourth-order valence-electron chi connectivity index (χ4n) is 2.15. The van der Waals surface area contributed by atoms with E-state index in [4.69, 9.17) is 14.6 Å². The zero-order chi connectivity index (χ0) is 18.0. The van der Waals surface area contributed by atoms with Crippen LogP contribution in [0.4, 0.5) is 16.5 Å². The van der Waals surface area contributed by atoms with Crippen LogP contribution in [0.5, 0.6) is 0 Å². The second kappa shape index (κ2) is 6.42. The Balaban J connectivity index is 1.59. The quantitative estimate of drug-likeness (QED) is 0.662. The van der Waals surface area contributed by atoms with Crippen molar-refractivity contribution < 1.29 is 13.6 Å². The first-order valence-electron chi connectivity index (χ1n) is 7.85. The van der Waals surface area contributed by atoms with Crippen molar-refractivity contribution in [2.75, 3.05) is 17.6 Å². The van der Waals surface area contributed by atoms with E-state index in [1.165, 1.54) is 0 Å². The molecule has 2 heterocycles. The van der Waals surface area contributed by atoms with Gasteiger partial charge in [-0.25, -0.2) is 9.78 Å². The Morgan fingerprint density at radius 3 is 2.72 bits per heavy atom. The predicted molar refractivity (Wildman–Crippen MR) is 92.1 cm³/mol. The number of rotatable bonds is 4. The van der Waals surface area contributed by atoms with Crippen LogP contribution in [0.1, 0.15) is 32.6 Å². The van der Waals surface area contributed by atoms with E-state index in [9.17, 15) is 4.79 Å². The number of carbonyl (C=O) groups is 1. The number of nitrogens with one attached hydrogen (secondary N) is 2. The Kier molecular flexibility index (Phi) is 4.30. The minimum absolute atomic E-state index is 0.00925. The number of nitrogens with zero attached hydrogens (tertiary/aromatic N) is 3. The molecular formula is C16H20N6O3. The monoisotopic (exact) mass is 344 g/mol. The molecule has 4 N–H and O–H groups in total. The first-order chi connectivity index (χ1) is 11.8. The maximum absolute atomic E-state index is 12.0. The number of hydrogen-bond acceptors (Lipinski definition) is 7. The van der Waals surface area contributed by atoms with E-state index in [-0.39, 0.29) is 17.5 Å². The van der Waals surface area contributed by atoms with Crippen molar-refractivity contribution in [3.63, 3.8) is 0 Å². The summed E-state index contributed by atoms with van der Waals surface area (Å²) in [5.74, 6) is 1.03. The lowest BCUT2D eigenvalue weighted by Crippen LogP contribution is -2.30. The zero-order valence-corrected chi connectivity index (χ0v) is 14.3. The average Bonchev–Trinajstić information content (AvgIpc) is 3.12. The summed E-state index contributed by atoms with van der Waals surface area (Å²) in [4.78, 5) is 16.4. The lowest BCUT2D eigenvalue weighted by Gasteiger charge is -2.11. The molecule has 0 bridgehead atoms. The van der Waals surface area contributed by atoms with Crippen LogP contribution < -0.4 is 16.4 Å². The van der Waals surface area contributed by atoms with Crippen molar-refractivity contribution >= 4 is 28.8 Å². The van der Waals surface area contributed by atoms with Gasteiger partial charge in [-0.2, -0.15) is 0 Å². The number of oxazole rings is 1. The third-order valence-electron chi connectivity index (χ3n) is 3.39. The smallest absolute Gasteiger partial charge is 0.319 e. The first kappa shape index (κ1) is 16.7. The number of nitrogens with two attached hydrogens (primary N) is 1. The van der Waals surface area contributed by atoms with Gasteiger partial charge in [0.2, 0.25) is 11.8 Å². The van der Waals surface area contributed by atoms with Gasteiger partial charge in [0.15, 0.2) is 5.58 Å². The number of amides is 2. The molecule has 0 saturated heterocycles. The maximum Gasteiger partial charge on any atom is 0.319 e. The Morgan fingerprint density at radius 1 is 1.24 bits per heavy atom. The van der Waals surface area contributed by atoms with Gasteiger partial charge in [0.05, 0.1) is 0 Å². The van der Waals surface area contributed by atoms with Crippen molar-refractivity contribution in [1.82, 2.24) is 20.5 Å². The van der Waals surface area contributed by atoms with E-state index >= 15 is 0 Å². The summed E-state index contributed by atoms with van der Waals surface area (Å²) in [6, 6.07) is 4.99. The number of carbonyl (C=O) groups excluding carboxylic acids is 1. The molecule has 132 valence electrons. The van der Waals surface area contributed by atoms with E-state index in [0.29, 0.717) is 41.5 Å². The molecule has 0 aliphatic heterocycles. The van der Waals surface area contributed by atoms with Crippen LogP contribution in [0.3, 0.4) is 0 Å². The second-order valence-electron chi connectivity index (χ2n) is 6.62. The van der Waals surface area contributed by atoms with Gasteiger partial charge in [-0.1, -0.05) is 25.9 Å². The third kappa shape index (κ3) is 4.06. The third-order valence-corrected chi connectivity index (χ3v) is 3.39. The minimum Gasteiger partial charge on any atom is -0.440 e. The van der Waals surface area contributed by atoms with Crippen LogP contribution in [0.2, 0.25) is 0 Å². The average molecular weight is 344 g/mol. The molecule has 0 saturated carbocycles. The molecule has 0 atom stereocenters. The topological polar surface area (TPSA) is 132 Å². The number of urea groups is 1. The highest BCUT2D eigenvalue weighted by Crippen LogP contribution is 2.27. The standard InChI is InChI=1S/C16H20N6O3/c1-16(2,3)13-20-10-8-9(4-5-11(10)24-13)19-15(23)18-7-6-12-21-22-14(17)25-12/h4-5,8H,6-7H2,1-3H3,(H2,17,22)(H2,18,19,23). The summed E-state index contributed by atoms with van der Waals surface area (Å²) in [7, 11) is 0. The highest BCUT2D eigenvalue weighted by Gasteiger charge is 2.21. The van der Waals surface area contributed by atoms with Crippen LogP contribution in [0.15, 0.2) is 27.0 Å². The summed E-state index contributed by atoms with van der Waals surface area (Å²) in [6.45, 7) is 6.43. The lowest BCUT2D eigenvalue weighted by atomic mass is 9.97. The molecule has 2 amide bonds. The van der Waals surface area contributed by atoms with E-state index in [1.54, 1.807) is 18.2 Å². The van der Waals surface area contributed by atoms with Gasteiger partial charge in [0.25, 0.3) is 0 Å². The molecular weight excluding hydrogens is 324 g/mol. The molecule has 3 rings (SSSR count). The molecule has 1 aromatic carbocycles. The van der Waals surface area contributed by atoms with Crippen molar-refractivity contribution in [3.05, 3.63) is 30.0 Å². The fourth-order valence-corrected chi connectivity index (χ4v) is 2.15. The van der Waals surface area contributed by atoms with Crippen LogP contribution in [0, 0.1) is 0 Å². The number of fused-ring (bicyclic) bond motifs is 1. The Morgan fingerprint density at radius 2 is 2.04 bits per heavy atom. The normalized spacial score (nSPS) is 11.6. The Bertz CT molecular complexity index is 893. The van der Waals surface area contributed by atoms with Crippen molar-refractivity contribution in [2.45, 2.75) is 32.6 Å². The maximum atomic E-state index is 12.0. The Hall–Kier alpha value is -3.10. The first-order valence-corrected chi connectivity index (χ1v) is 7.85. The summed E-state index contributed by atoms with van der Waals surface area (Å²) in [6.07, 6.45) is 0.398. The number of aromatic nitrogens is 3. The number of benzene rings is 1. The van der Waals surface area contributed by atoms with Crippen molar-refractivity contribution in [1.29, 1.82) is 0 Å². The number of hydrogen-bond donors (Lipinski definition) is 3. The summed E-state index contributed by atoms with van der Waals surface area (Å²) in [5.41, 5.74) is 7.16.